The number of nitrogens with one attached hydrogen (secondary N) is 2. The molecule has 1 saturated carbocycles. The van der Waals surface area contributed by atoms with Crippen LogP contribution in [-0.4, -0.2) is 51.2 Å². The van der Waals surface area contributed by atoms with E-state index < -0.39 is 27.4 Å². The van der Waals surface area contributed by atoms with Crippen LogP contribution in [0.15, 0.2) is 29.2 Å². The highest BCUT2D eigenvalue weighted by molar-refractivity contribution is 7.89. The van der Waals surface area contributed by atoms with E-state index in [1.807, 2.05) is 0 Å². The summed E-state index contributed by atoms with van der Waals surface area (Å²) in [7, 11) is -2.28. The van der Waals surface area contributed by atoms with Gasteiger partial charge >= 0.3 is 5.97 Å². The standard InChI is InChI=1S/C16H22N2O6S/c1-24-9-8-17-25(22,23)13-5-2-4-12(10-13)15(21)18-16(6-3-7-16)11-14(19)20/h2,4-5,10,17H,3,6-9,11H2,1H3,(H,18,21)(H,19,20). The number of rotatable bonds is 9. The summed E-state index contributed by atoms with van der Waals surface area (Å²) in [6, 6.07) is 5.64. The lowest BCUT2D eigenvalue weighted by atomic mass is 9.74. The van der Waals surface area contributed by atoms with Gasteiger partial charge in [0, 0.05) is 19.2 Å². The number of carboxylic acid groups (broad SMARTS) is 1. The van der Waals surface area contributed by atoms with Crippen LogP contribution in [0.25, 0.3) is 0 Å². The van der Waals surface area contributed by atoms with Gasteiger partial charge in [-0.3, -0.25) is 9.59 Å². The second-order valence-electron chi connectivity index (χ2n) is 6.08. The van der Waals surface area contributed by atoms with Gasteiger partial charge in [-0.2, -0.15) is 0 Å². The van der Waals surface area contributed by atoms with Gasteiger partial charge in [0.05, 0.1) is 23.5 Å². The number of ether oxygens (including phenoxy) is 1. The normalized spacial score (nSPS) is 16.0. The number of hydrogen-bond acceptors (Lipinski definition) is 5. The fourth-order valence-electron chi connectivity index (χ4n) is 2.72. The molecule has 1 aliphatic carbocycles. The maximum absolute atomic E-state index is 12.4. The minimum atomic E-state index is -3.75. The van der Waals surface area contributed by atoms with Crippen molar-refractivity contribution >= 4 is 21.9 Å². The lowest BCUT2D eigenvalue weighted by molar-refractivity contribution is -0.139. The Labute approximate surface area is 146 Å². The van der Waals surface area contributed by atoms with Crippen molar-refractivity contribution in [2.75, 3.05) is 20.3 Å². The molecule has 0 saturated heterocycles. The molecule has 25 heavy (non-hydrogen) atoms. The number of carbonyl (C=O) groups excluding carboxylic acids is 1. The first-order valence-electron chi connectivity index (χ1n) is 7.91. The highest BCUT2D eigenvalue weighted by Gasteiger charge is 2.40. The van der Waals surface area contributed by atoms with Gasteiger partial charge in [0.1, 0.15) is 0 Å². The van der Waals surface area contributed by atoms with Gasteiger partial charge in [-0.05, 0) is 37.5 Å². The van der Waals surface area contributed by atoms with Gasteiger partial charge in [0.25, 0.3) is 5.91 Å². The molecule has 0 aromatic heterocycles. The number of amides is 1. The van der Waals surface area contributed by atoms with Gasteiger partial charge in [0.15, 0.2) is 0 Å². The van der Waals surface area contributed by atoms with E-state index in [2.05, 4.69) is 10.0 Å². The molecular weight excluding hydrogens is 348 g/mol. The molecule has 3 N–H and O–H groups in total. The summed E-state index contributed by atoms with van der Waals surface area (Å²) < 4.78 is 31.6. The molecule has 1 aromatic rings. The number of carbonyl (C=O) groups is 2. The van der Waals surface area contributed by atoms with Crippen LogP contribution in [0.3, 0.4) is 0 Å². The number of carboxylic acids is 1. The van der Waals surface area contributed by atoms with Crippen LogP contribution in [0, 0.1) is 0 Å². The van der Waals surface area contributed by atoms with Crippen LogP contribution in [0.2, 0.25) is 0 Å². The number of benzene rings is 1. The number of aliphatic carboxylic acids is 1. The Hall–Kier alpha value is -1.97. The molecule has 138 valence electrons. The Morgan fingerprint density at radius 2 is 2.04 bits per heavy atom. The van der Waals surface area contributed by atoms with Crippen molar-refractivity contribution < 1.29 is 27.9 Å². The molecule has 0 unspecified atom stereocenters. The summed E-state index contributed by atoms with van der Waals surface area (Å²) in [4.78, 5) is 23.4. The predicted molar refractivity (Wildman–Crippen MR) is 89.8 cm³/mol. The van der Waals surface area contributed by atoms with Crippen molar-refractivity contribution in [3.05, 3.63) is 29.8 Å². The Balaban J connectivity index is 2.12. The molecule has 1 aliphatic rings. The van der Waals surface area contributed by atoms with Crippen molar-refractivity contribution in [2.24, 2.45) is 0 Å². The van der Waals surface area contributed by atoms with Crippen molar-refractivity contribution in [1.29, 1.82) is 0 Å². The van der Waals surface area contributed by atoms with Crippen LogP contribution < -0.4 is 10.0 Å². The average Bonchev–Trinajstić information content (AvgIpc) is 2.52. The van der Waals surface area contributed by atoms with E-state index in [1.165, 1.54) is 31.4 Å². The molecule has 0 radical (unpaired) electrons. The molecule has 0 aliphatic heterocycles. The van der Waals surface area contributed by atoms with E-state index >= 15 is 0 Å². The molecule has 9 heteroatoms. The third kappa shape index (κ3) is 5.00. The fourth-order valence-corrected chi connectivity index (χ4v) is 3.78. The Kier molecular flexibility index (Phi) is 6.15. The van der Waals surface area contributed by atoms with Crippen molar-refractivity contribution in [1.82, 2.24) is 10.0 Å². The maximum atomic E-state index is 12.4. The molecule has 0 spiro atoms. The first kappa shape index (κ1) is 19.4. The monoisotopic (exact) mass is 370 g/mol. The summed E-state index contributed by atoms with van der Waals surface area (Å²) in [6.07, 6.45) is 1.91. The van der Waals surface area contributed by atoms with Crippen molar-refractivity contribution in [2.45, 2.75) is 36.1 Å². The van der Waals surface area contributed by atoms with Crippen LogP contribution in [0.1, 0.15) is 36.0 Å². The van der Waals surface area contributed by atoms with Gasteiger partial charge < -0.3 is 15.2 Å². The number of methoxy groups -OCH3 is 1. The van der Waals surface area contributed by atoms with Gasteiger partial charge in [0.2, 0.25) is 10.0 Å². The minimum Gasteiger partial charge on any atom is -0.481 e. The van der Waals surface area contributed by atoms with Crippen LogP contribution >= 0.6 is 0 Å². The second-order valence-corrected chi connectivity index (χ2v) is 7.84. The zero-order valence-electron chi connectivity index (χ0n) is 13.9. The molecule has 0 atom stereocenters. The summed E-state index contributed by atoms with van der Waals surface area (Å²) in [5.41, 5.74) is -0.569. The average molecular weight is 370 g/mol. The molecular formula is C16H22N2O6S. The summed E-state index contributed by atoms with van der Waals surface area (Å²) in [5.74, 6) is -1.45. The highest BCUT2D eigenvalue weighted by atomic mass is 32.2. The van der Waals surface area contributed by atoms with E-state index in [0.717, 1.165) is 6.42 Å². The van der Waals surface area contributed by atoms with E-state index in [-0.39, 0.29) is 30.0 Å². The SMILES string of the molecule is COCCNS(=O)(=O)c1cccc(C(=O)NC2(CC(=O)O)CCC2)c1. The first-order chi connectivity index (χ1) is 11.8. The molecule has 0 bridgehead atoms. The quantitative estimate of drug-likeness (QED) is 0.551. The fraction of sp³-hybridized carbons (Fsp3) is 0.500. The van der Waals surface area contributed by atoms with Crippen molar-refractivity contribution in [3.8, 4) is 0 Å². The second kappa shape index (κ2) is 7.94. The molecule has 8 nitrogen and oxygen atoms in total. The molecule has 0 heterocycles. The van der Waals surface area contributed by atoms with E-state index in [0.29, 0.717) is 12.8 Å². The van der Waals surface area contributed by atoms with Gasteiger partial charge in [-0.15, -0.1) is 0 Å². The highest BCUT2D eigenvalue weighted by Crippen LogP contribution is 2.35. The minimum absolute atomic E-state index is 0.0304. The Bertz CT molecular complexity index is 743. The molecule has 2 rings (SSSR count). The Morgan fingerprint density at radius 3 is 2.60 bits per heavy atom. The van der Waals surface area contributed by atoms with Crippen molar-refractivity contribution in [3.63, 3.8) is 0 Å². The van der Waals surface area contributed by atoms with Crippen LogP contribution in [0.5, 0.6) is 0 Å². The smallest absolute Gasteiger partial charge is 0.305 e. The first-order valence-corrected chi connectivity index (χ1v) is 9.39. The molecule has 1 fully saturated rings. The van der Waals surface area contributed by atoms with E-state index in [1.54, 1.807) is 0 Å². The van der Waals surface area contributed by atoms with Gasteiger partial charge in [-0.1, -0.05) is 6.07 Å². The Morgan fingerprint density at radius 1 is 1.32 bits per heavy atom. The summed E-state index contributed by atoms with van der Waals surface area (Å²) >= 11 is 0. The zero-order chi connectivity index (χ0) is 18.5. The topological polar surface area (TPSA) is 122 Å². The van der Waals surface area contributed by atoms with Gasteiger partial charge in [-0.25, -0.2) is 13.1 Å². The zero-order valence-corrected chi connectivity index (χ0v) is 14.8. The number of hydrogen-bond donors (Lipinski definition) is 3. The van der Waals surface area contributed by atoms with E-state index in [4.69, 9.17) is 9.84 Å². The van der Waals surface area contributed by atoms with Crippen LogP contribution in [0.4, 0.5) is 0 Å². The molecule has 1 aromatic carbocycles. The third-order valence-electron chi connectivity index (χ3n) is 4.18. The molecule has 1 amide bonds. The van der Waals surface area contributed by atoms with E-state index in [9.17, 15) is 18.0 Å². The number of sulfonamides is 1. The summed E-state index contributed by atoms with van der Waals surface area (Å²) in [6.45, 7) is 0.355. The predicted octanol–water partition coefficient (Wildman–Crippen LogP) is 0.738. The largest absolute Gasteiger partial charge is 0.481 e. The third-order valence-corrected chi connectivity index (χ3v) is 5.64. The lowest BCUT2D eigenvalue weighted by Crippen LogP contribution is -2.54. The summed E-state index contributed by atoms with van der Waals surface area (Å²) in [5, 5.41) is 11.8. The maximum Gasteiger partial charge on any atom is 0.305 e. The van der Waals surface area contributed by atoms with Crippen LogP contribution in [-0.2, 0) is 19.6 Å². The lowest BCUT2D eigenvalue weighted by Gasteiger charge is -2.41.